The molecule has 0 aliphatic heterocycles. The van der Waals surface area contributed by atoms with Gasteiger partial charge in [-0.15, -0.1) is 0 Å². The van der Waals surface area contributed by atoms with Crippen LogP contribution >= 0.6 is 11.5 Å². The van der Waals surface area contributed by atoms with Crippen LogP contribution in [0.25, 0.3) is 0 Å². The summed E-state index contributed by atoms with van der Waals surface area (Å²) >= 11 is 1.13. The number of nitrogens with one attached hydrogen (secondary N) is 1. The van der Waals surface area contributed by atoms with E-state index in [1.165, 1.54) is 28.8 Å². The molecule has 13 heteroatoms. The molecule has 2 aromatic heterocycles. The van der Waals surface area contributed by atoms with Crippen molar-refractivity contribution in [3.8, 4) is 10.9 Å². The molecule has 0 spiro atoms. The standard InChI is InChI=1S/C24H25FN6O5S/c1-15-26-22(37-29-15)36-19-9-7-18(8-10-19)27-20-28-21(34)31(12-24(2,13-32)14-33)23(35)30(20)11-16-3-5-17(25)6-4-16/h3-10,32-33H,11-14H2,1-2H3,(H,27,28,34). The molecule has 2 heterocycles. The third-order valence-electron chi connectivity index (χ3n) is 5.53. The number of hydrogen-bond acceptors (Lipinski definition) is 10. The van der Waals surface area contributed by atoms with Crippen molar-refractivity contribution in [3.63, 3.8) is 0 Å². The molecule has 0 radical (unpaired) electrons. The van der Waals surface area contributed by atoms with Crippen molar-refractivity contribution in [1.82, 2.24) is 23.5 Å². The Morgan fingerprint density at radius 2 is 1.70 bits per heavy atom. The number of benzene rings is 2. The van der Waals surface area contributed by atoms with E-state index >= 15 is 0 Å². The van der Waals surface area contributed by atoms with Gasteiger partial charge in [-0.1, -0.05) is 19.1 Å². The number of anilines is 2. The van der Waals surface area contributed by atoms with Gasteiger partial charge >= 0.3 is 11.4 Å². The molecule has 0 aliphatic carbocycles. The van der Waals surface area contributed by atoms with E-state index in [4.69, 9.17) is 4.74 Å². The van der Waals surface area contributed by atoms with Crippen LogP contribution in [0.15, 0.2) is 58.1 Å². The van der Waals surface area contributed by atoms with Crippen LogP contribution in [0.1, 0.15) is 18.3 Å². The maximum absolute atomic E-state index is 13.4. The molecule has 0 atom stereocenters. The molecule has 194 valence electrons. The topological polar surface area (TPSA) is 144 Å². The molecule has 0 bridgehead atoms. The Morgan fingerprint density at radius 3 is 2.30 bits per heavy atom. The zero-order chi connectivity index (χ0) is 26.6. The predicted octanol–water partition coefficient (Wildman–Crippen LogP) is 2.28. The number of rotatable bonds is 10. The van der Waals surface area contributed by atoms with Crippen LogP contribution in [0.3, 0.4) is 0 Å². The summed E-state index contributed by atoms with van der Waals surface area (Å²) in [7, 11) is 0. The zero-order valence-electron chi connectivity index (χ0n) is 20.1. The summed E-state index contributed by atoms with van der Waals surface area (Å²) in [5.74, 6) is 0.668. The highest BCUT2D eigenvalue weighted by atomic mass is 32.1. The monoisotopic (exact) mass is 528 g/mol. The maximum atomic E-state index is 13.4. The molecule has 3 N–H and O–H groups in total. The second-order valence-electron chi connectivity index (χ2n) is 8.79. The Labute approximate surface area is 214 Å². The average Bonchev–Trinajstić information content (AvgIpc) is 3.30. The van der Waals surface area contributed by atoms with E-state index in [-0.39, 0.29) is 19.0 Å². The van der Waals surface area contributed by atoms with E-state index < -0.39 is 35.8 Å². The number of nitrogens with zero attached hydrogens (tertiary/aromatic N) is 5. The van der Waals surface area contributed by atoms with Crippen LogP contribution in [0.5, 0.6) is 10.9 Å². The number of aliphatic hydroxyl groups is 2. The first kappa shape index (κ1) is 26.1. The number of aryl methyl sites for hydroxylation is 1. The largest absolute Gasteiger partial charge is 0.430 e. The van der Waals surface area contributed by atoms with Gasteiger partial charge in [0.25, 0.3) is 5.19 Å². The quantitative estimate of drug-likeness (QED) is 0.282. The normalized spacial score (nSPS) is 11.5. The summed E-state index contributed by atoms with van der Waals surface area (Å²) in [5, 5.41) is 22.7. The second kappa shape index (κ2) is 11.0. The molecule has 4 aromatic rings. The number of aliphatic hydroxyl groups excluding tert-OH is 2. The minimum absolute atomic E-state index is 0.0126. The van der Waals surface area contributed by atoms with E-state index in [2.05, 4.69) is 19.7 Å². The van der Waals surface area contributed by atoms with Gasteiger partial charge in [-0.3, -0.25) is 4.57 Å². The molecule has 4 rings (SSSR count). The lowest BCUT2D eigenvalue weighted by molar-refractivity contribution is 0.0528. The van der Waals surface area contributed by atoms with Crippen molar-refractivity contribution in [2.24, 2.45) is 5.41 Å². The molecule has 0 aliphatic rings. The van der Waals surface area contributed by atoms with Crippen molar-refractivity contribution >= 4 is 23.2 Å². The lowest BCUT2D eigenvalue weighted by Gasteiger charge is -2.25. The van der Waals surface area contributed by atoms with E-state index in [1.54, 1.807) is 38.1 Å². The van der Waals surface area contributed by atoms with Crippen LogP contribution in [0.4, 0.5) is 16.0 Å². The summed E-state index contributed by atoms with van der Waals surface area (Å²) in [6.45, 7) is 2.16. The zero-order valence-corrected chi connectivity index (χ0v) is 20.9. The minimum Gasteiger partial charge on any atom is -0.430 e. The Balaban J connectivity index is 1.68. The SMILES string of the molecule is Cc1nsc(Oc2ccc(Nc3nc(=O)n(CC(C)(CO)CO)c(=O)n3Cc3ccc(F)cc3)cc2)n1. The maximum Gasteiger partial charge on any atom is 0.354 e. The Hall–Kier alpha value is -3.94. The summed E-state index contributed by atoms with van der Waals surface area (Å²) in [4.78, 5) is 34.5. The van der Waals surface area contributed by atoms with Crippen molar-refractivity contribution < 1.29 is 19.3 Å². The van der Waals surface area contributed by atoms with Gasteiger partial charge in [0, 0.05) is 29.2 Å². The van der Waals surface area contributed by atoms with Crippen molar-refractivity contribution in [2.75, 3.05) is 18.5 Å². The van der Waals surface area contributed by atoms with E-state index in [0.717, 1.165) is 16.1 Å². The molecule has 0 saturated heterocycles. The smallest absolute Gasteiger partial charge is 0.354 e. The number of hydrogen-bond donors (Lipinski definition) is 3. The lowest BCUT2D eigenvalue weighted by Crippen LogP contribution is -2.47. The Morgan fingerprint density at radius 1 is 1.03 bits per heavy atom. The summed E-state index contributed by atoms with van der Waals surface area (Å²) in [5.41, 5.74) is -1.54. The fourth-order valence-corrected chi connectivity index (χ4v) is 3.92. The minimum atomic E-state index is -1.12. The molecule has 0 amide bonds. The fourth-order valence-electron chi connectivity index (χ4n) is 3.36. The summed E-state index contributed by atoms with van der Waals surface area (Å²) < 4.78 is 25.2. The van der Waals surface area contributed by atoms with Gasteiger partial charge in [-0.2, -0.15) is 14.3 Å². The molecule has 0 saturated carbocycles. The number of ether oxygens (including phenoxy) is 1. The first-order valence-electron chi connectivity index (χ1n) is 11.2. The van der Waals surface area contributed by atoms with E-state index in [0.29, 0.717) is 28.0 Å². The number of halogens is 1. The second-order valence-corrected chi connectivity index (χ2v) is 9.50. The van der Waals surface area contributed by atoms with Gasteiger partial charge in [-0.05, 0) is 48.9 Å². The first-order valence-corrected chi connectivity index (χ1v) is 12.0. The van der Waals surface area contributed by atoms with Gasteiger partial charge in [0.2, 0.25) is 5.95 Å². The third kappa shape index (κ3) is 6.25. The van der Waals surface area contributed by atoms with E-state index in [9.17, 15) is 24.2 Å². The van der Waals surface area contributed by atoms with Gasteiger partial charge in [0.05, 0.1) is 19.8 Å². The Bertz CT molecular complexity index is 1480. The Kier molecular flexibility index (Phi) is 7.76. The highest BCUT2D eigenvalue weighted by Crippen LogP contribution is 2.25. The molecular formula is C24H25FN6O5S. The van der Waals surface area contributed by atoms with Crippen molar-refractivity contribution in [2.45, 2.75) is 26.9 Å². The lowest BCUT2D eigenvalue weighted by atomic mass is 9.93. The molecule has 0 unspecified atom stereocenters. The van der Waals surface area contributed by atoms with Gasteiger partial charge in [0.15, 0.2) is 0 Å². The van der Waals surface area contributed by atoms with Gasteiger partial charge < -0.3 is 20.3 Å². The van der Waals surface area contributed by atoms with Crippen LogP contribution < -0.4 is 21.4 Å². The molecular weight excluding hydrogens is 503 g/mol. The van der Waals surface area contributed by atoms with Crippen LogP contribution in [-0.2, 0) is 13.1 Å². The van der Waals surface area contributed by atoms with Gasteiger partial charge in [0.1, 0.15) is 17.4 Å². The molecule has 37 heavy (non-hydrogen) atoms. The van der Waals surface area contributed by atoms with Crippen molar-refractivity contribution in [3.05, 3.63) is 86.7 Å². The van der Waals surface area contributed by atoms with Crippen LogP contribution in [0, 0.1) is 18.2 Å². The van der Waals surface area contributed by atoms with Crippen LogP contribution in [-0.4, -0.2) is 46.9 Å². The summed E-state index contributed by atoms with van der Waals surface area (Å²) in [6.07, 6.45) is 0. The molecule has 11 nitrogen and oxygen atoms in total. The predicted molar refractivity (Wildman–Crippen MR) is 135 cm³/mol. The van der Waals surface area contributed by atoms with Crippen LogP contribution in [0.2, 0.25) is 0 Å². The number of aromatic nitrogens is 5. The van der Waals surface area contributed by atoms with Crippen molar-refractivity contribution in [1.29, 1.82) is 0 Å². The van der Waals surface area contributed by atoms with E-state index in [1.807, 2.05) is 0 Å². The molecule has 2 aromatic carbocycles. The average molecular weight is 529 g/mol. The highest BCUT2D eigenvalue weighted by Gasteiger charge is 2.26. The highest BCUT2D eigenvalue weighted by molar-refractivity contribution is 7.07. The summed E-state index contributed by atoms with van der Waals surface area (Å²) in [6, 6.07) is 12.3. The first-order chi connectivity index (χ1) is 17.7. The molecule has 0 fully saturated rings. The van der Waals surface area contributed by atoms with Gasteiger partial charge in [-0.25, -0.2) is 18.5 Å². The third-order valence-corrected chi connectivity index (χ3v) is 6.22. The fraction of sp³-hybridized carbons (Fsp3) is 0.292.